The van der Waals surface area contributed by atoms with Crippen molar-refractivity contribution < 1.29 is 8.78 Å². The van der Waals surface area contributed by atoms with Crippen LogP contribution < -0.4 is 11.1 Å². The van der Waals surface area contributed by atoms with Crippen LogP contribution >= 0.6 is 0 Å². The van der Waals surface area contributed by atoms with E-state index in [4.69, 9.17) is 5.73 Å². The maximum Gasteiger partial charge on any atom is 0.193 e. The molecule has 0 atom stereocenters. The van der Waals surface area contributed by atoms with Crippen molar-refractivity contribution in [3.05, 3.63) is 29.3 Å². The van der Waals surface area contributed by atoms with Crippen LogP contribution in [0.25, 0.3) is 0 Å². The lowest BCUT2D eigenvalue weighted by molar-refractivity contribution is 0.585. The Bertz CT molecular complexity index is 402. The molecule has 0 amide bonds. The van der Waals surface area contributed by atoms with Crippen LogP contribution in [-0.4, -0.2) is 12.5 Å². The summed E-state index contributed by atoms with van der Waals surface area (Å²) in [4.78, 5) is 3.90. The highest BCUT2D eigenvalue weighted by molar-refractivity contribution is 5.92. The van der Waals surface area contributed by atoms with Gasteiger partial charge in [-0.15, -0.1) is 0 Å². The van der Waals surface area contributed by atoms with E-state index in [1.807, 2.05) is 6.92 Å². The van der Waals surface area contributed by atoms with Gasteiger partial charge < -0.3 is 11.1 Å². The molecule has 3 nitrogen and oxygen atoms in total. The van der Waals surface area contributed by atoms with Crippen molar-refractivity contribution in [2.24, 2.45) is 10.7 Å². The van der Waals surface area contributed by atoms with Gasteiger partial charge >= 0.3 is 0 Å². The van der Waals surface area contributed by atoms with E-state index in [-0.39, 0.29) is 11.6 Å². The summed E-state index contributed by atoms with van der Waals surface area (Å²) >= 11 is 0. The number of halogens is 2. The summed E-state index contributed by atoms with van der Waals surface area (Å²) in [5.74, 6) is -1.31. The smallest absolute Gasteiger partial charge is 0.193 e. The van der Waals surface area contributed by atoms with Crippen molar-refractivity contribution in [1.29, 1.82) is 0 Å². The summed E-state index contributed by atoms with van der Waals surface area (Å²) in [7, 11) is 0. The molecule has 0 saturated carbocycles. The molecule has 0 aliphatic heterocycles. The van der Waals surface area contributed by atoms with Gasteiger partial charge in [0.05, 0.1) is 0 Å². The number of nitrogens with two attached hydrogens (primary N) is 1. The molecule has 5 heteroatoms. The lowest BCUT2D eigenvalue weighted by atomic mass is 10.2. The lowest BCUT2D eigenvalue weighted by Crippen LogP contribution is -2.24. The Kier molecular flexibility index (Phi) is 4.22. The van der Waals surface area contributed by atoms with Gasteiger partial charge in [-0.2, -0.15) is 0 Å². The van der Waals surface area contributed by atoms with Crippen LogP contribution in [0.5, 0.6) is 0 Å². The quantitative estimate of drug-likeness (QED) is 0.615. The Balaban J connectivity index is 2.92. The normalized spacial score (nSPS) is 11.6. The summed E-state index contributed by atoms with van der Waals surface area (Å²) in [6.45, 7) is 4.01. The molecule has 0 bridgehead atoms. The van der Waals surface area contributed by atoms with Crippen LogP contribution in [0.2, 0.25) is 0 Å². The van der Waals surface area contributed by atoms with E-state index in [9.17, 15) is 8.78 Å². The molecule has 0 aromatic heterocycles. The fraction of sp³-hybridized carbons (Fsp3) is 0.364. The first-order valence-electron chi connectivity index (χ1n) is 5.07. The fourth-order valence-corrected chi connectivity index (χ4v) is 1.17. The molecule has 0 fully saturated rings. The van der Waals surface area contributed by atoms with Crippen molar-refractivity contribution in [1.82, 2.24) is 0 Å². The monoisotopic (exact) mass is 227 g/mol. The first-order valence-corrected chi connectivity index (χ1v) is 5.07. The number of nitrogens with zero attached hydrogens (tertiary/aromatic N) is 1. The molecular formula is C11H15F2N3. The number of hydrogen-bond acceptors (Lipinski definition) is 1. The molecule has 0 saturated heterocycles. The van der Waals surface area contributed by atoms with Gasteiger partial charge in [0.15, 0.2) is 11.8 Å². The predicted octanol–water partition coefficient (Wildman–Crippen LogP) is 2.41. The van der Waals surface area contributed by atoms with Crippen LogP contribution in [0, 0.1) is 18.6 Å². The van der Waals surface area contributed by atoms with Crippen molar-refractivity contribution in [2.45, 2.75) is 20.3 Å². The second-order valence-corrected chi connectivity index (χ2v) is 3.45. The number of rotatable bonds is 3. The first-order chi connectivity index (χ1) is 7.56. The number of nitrogens with one attached hydrogen (secondary N) is 1. The van der Waals surface area contributed by atoms with Gasteiger partial charge in [0.2, 0.25) is 0 Å². The standard InChI is InChI=1S/C11H15F2N3/c1-3-6-15-11(14)16-10-8(12)5-4-7(2)9(10)13/h4-5H,3,6H2,1-2H3,(H3,14,15,16). The number of anilines is 1. The molecule has 0 aliphatic carbocycles. The van der Waals surface area contributed by atoms with Gasteiger partial charge in [0, 0.05) is 6.54 Å². The maximum absolute atomic E-state index is 13.5. The summed E-state index contributed by atoms with van der Waals surface area (Å²) < 4.78 is 26.8. The van der Waals surface area contributed by atoms with E-state index >= 15 is 0 Å². The Hall–Kier alpha value is -1.65. The van der Waals surface area contributed by atoms with Crippen molar-refractivity contribution in [2.75, 3.05) is 11.9 Å². The van der Waals surface area contributed by atoms with Gasteiger partial charge in [-0.1, -0.05) is 13.0 Å². The van der Waals surface area contributed by atoms with E-state index in [2.05, 4.69) is 10.3 Å². The molecule has 0 aliphatic rings. The molecule has 1 rings (SSSR count). The zero-order valence-electron chi connectivity index (χ0n) is 9.35. The predicted molar refractivity (Wildman–Crippen MR) is 61.5 cm³/mol. The topological polar surface area (TPSA) is 50.4 Å². The van der Waals surface area contributed by atoms with Crippen LogP contribution in [0.1, 0.15) is 18.9 Å². The minimum Gasteiger partial charge on any atom is -0.370 e. The van der Waals surface area contributed by atoms with E-state index in [1.165, 1.54) is 12.1 Å². The minimum absolute atomic E-state index is 0.0188. The Morgan fingerprint density at radius 2 is 2.12 bits per heavy atom. The number of aliphatic imine (C=N–C) groups is 1. The molecular weight excluding hydrogens is 212 g/mol. The summed E-state index contributed by atoms with van der Waals surface area (Å²) in [5.41, 5.74) is 5.59. The van der Waals surface area contributed by atoms with E-state index in [0.717, 1.165) is 6.42 Å². The average molecular weight is 227 g/mol. The number of hydrogen-bond donors (Lipinski definition) is 2. The van der Waals surface area contributed by atoms with E-state index in [1.54, 1.807) is 6.92 Å². The Morgan fingerprint density at radius 1 is 1.44 bits per heavy atom. The molecule has 16 heavy (non-hydrogen) atoms. The molecule has 1 aromatic carbocycles. The summed E-state index contributed by atoms with van der Waals surface area (Å²) in [5, 5.41) is 2.43. The molecule has 3 N–H and O–H groups in total. The lowest BCUT2D eigenvalue weighted by Gasteiger charge is -2.09. The number of aryl methyl sites for hydroxylation is 1. The summed E-state index contributed by atoms with van der Waals surface area (Å²) in [6, 6.07) is 2.56. The third-order valence-corrected chi connectivity index (χ3v) is 2.04. The Morgan fingerprint density at radius 3 is 2.75 bits per heavy atom. The zero-order chi connectivity index (χ0) is 12.1. The van der Waals surface area contributed by atoms with Gasteiger partial charge in [-0.25, -0.2) is 8.78 Å². The second-order valence-electron chi connectivity index (χ2n) is 3.45. The average Bonchev–Trinajstić information content (AvgIpc) is 2.27. The molecule has 0 spiro atoms. The van der Waals surface area contributed by atoms with Crippen LogP contribution in [-0.2, 0) is 0 Å². The van der Waals surface area contributed by atoms with Crippen molar-refractivity contribution in [3.63, 3.8) is 0 Å². The fourth-order valence-electron chi connectivity index (χ4n) is 1.17. The SMILES string of the molecule is CCCN=C(N)Nc1c(F)ccc(C)c1F. The third kappa shape index (κ3) is 2.92. The van der Waals surface area contributed by atoms with E-state index in [0.29, 0.717) is 12.1 Å². The van der Waals surface area contributed by atoms with Gasteiger partial charge in [-0.05, 0) is 25.0 Å². The van der Waals surface area contributed by atoms with Crippen LogP contribution in [0.4, 0.5) is 14.5 Å². The zero-order valence-corrected chi connectivity index (χ0v) is 9.35. The highest BCUT2D eigenvalue weighted by Crippen LogP contribution is 2.21. The number of benzene rings is 1. The van der Waals surface area contributed by atoms with Gasteiger partial charge in [-0.3, -0.25) is 4.99 Å². The number of guanidine groups is 1. The van der Waals surface area contributed by atoms with Crippen LogP contribution in [0.3, 0.4) is 0 Å². The molecule has 0 radical (unpaired) electrons. The molecule has 0 unspecified atom stereocenters. The van der Waals surface area contributed by atoms with E-state index < -0.39 is 11.6 Å². The van der Waals surface area contributed by atoms with Crippen molar-refractivity contribution >= 4 is 11.6 Å². The highest BCUT2D eigenvalue weighted by Gasteiger charge is 2.11. The minimum atomic E-state index is -0.683. The first kappa shape index (κ1) is 12.4. The molecule has 0 heterocycles. The third-order valence-electron chi connectivity index (χ3n) is 2.04. The second kappa shape index (κ2) is 5.44. The van der Waals surface area contributed by atoms with Crippen molar-refractivity contribution in [3.8, 4) is 0 Å². The molecule has 88 valence electrons. The summed E-state index contributed by atoms with van der Waals surface area (Å²) in [6.07, 6.45) is 0.821. The van der Waals surface area contributed by atoms with Gasteiger partial charge in [0.1, 0.15) is 11.5 Å². The van der Waals surface area contributed by atoms with Gasteiger partial charge in [0.25, 0.3) is 0 Å². The Labute approximate surface area is 93.4 Å². The molecule has 1 aromatic rings. The highest BCUT2D eigenvalue weighted by atomic mass is 19.1. The van der Waals surface area contributed by atoms with Crippen LogP contribution in [0.15, 0.2) is 17.1 Å². The largest absolute Gasteiger partial charge is 0.370 e. The maximum atomic E-state index is 13.5.